The summed E-state index contributed by atoms with van der Waals surface area (Å²) >= 11 is 0. The molecule has 2 aromatic carbocycles. The molecule has 0 aromatic heterocycles. The van der Waals surface area contributed by atoms with Gasteiger partial charge in [0.05, 0.1) is 24.3 Å². The van der Waals surface area contributed by atoms with E-state index >= 15 is 0 Å². The van der Waals surface area contributed by atoms with Gasteiger partial charge in [0.15, 0.2) is 0 Å². The predicted octanol–water partition coefficient (Wildman–Crippen LogP) is 5.48. The lowest BCUT2D eigenvalue weighted by Gasteiger charge is -2.25. The summed E-state index contributed by atoms with van der Waals surface area (Å²) in [5.74, 6) is -0.153. The quantitative estimate of drug-likeness (QED) is 0.224. The van der Waals surface area contributed by atoms with Crippen molar-refractivity contribution in [3.8, 4) is 11.5 Å². The summed E-state index contributed by atoms with van der Waals surface area (Å²) in [6.07, 6.45) is 2.68. The van der Waals surface area contributed by atoms with E-state index in [0.717, 1.165) is 24.2 Å². The maximum Gasteiger partial charge on any atom is 0.295 e. The van der Waals surface area contributed by atoms with E-state index in [1.165, 1.54) is 4.90 Å². The zero-order chi connectivity index (χ0) is 24.0. The highest BCUT2D eigenvalue weighted by atomic mass is 16.5. The first-order valence-electron chi connectivity index (χ1n) is 11.7. The summed E-state index contributed by atoms with van der Waals surface area (Å²) in [6, 6.07) is 13.7. The van der Waals surface area contributed by atoms with Crippen molar-refractivity contribution in [1.82, 2.24) is 4.90 Å². The third-order valence-electron chi connectivity index (χ3n) is 5.45. The molecular weight excluding hydrogens is 418 g/mol. The van der Waals surface area contributed by atoms with Gasteiger partial charge in [0.25, 0.3) is 11.7 Å². The minimum absolute atomic E-state index is 0.0319. The molecule has 1 aliphatic rings. The molecule has 6 nitrogen and oxygen atoms in total. The molecule has 3 rings (SSSR count). The molecule has 1 atom stereocenters. The first-order valence-corrected chi connectivity index (χ1v) is 11.7. The van der Waals surface area contributed by atoms with Crippen molar-refractivity contribution < 1.29 is 24.2 Å². The maximum absolute atomic E-state index is 13.0. The van der Waals surface area contributed by atoms with Gasteiger partial charge in [-0.1, -0.05) is 44.5 Å². The normalized spacial score (nSPS) is 17.6. The molecule has 1 N–H and O–H groups in total. The first kappa shape index (κ1) is 24.4. The highest BCUT2D eigenvalue weighted by Crippen LogP contribution is 2.40. The van der Waals surface area contributed by atoms with Gasteiger partial charge in [-0.15, -0.1) is 0 Å². The largest absolute Gasteiger partial charge is 0.507 e. The second-order valence-electron chi connectivity index (χ2n) is 8.46. The number of rotatable bonds is 10. The lowest BCUT2D eigenvalue weighted by atomic mass is 9.95. The van der Waals surface area contributed by atoms with E-state index in [1.54, 1.807) is 24.3 Å². The zero-order valence-electron chi connectivity index (χ0n) is 19.8. The van der Waals surface area contributed by atoms with Gasteiger partial charge in [-0.05, 0) is 56.5 Å². The average molecular weight is 452 g/mol. The summed E-state index contributed by atoms with van der Waals surface area (Å²) in [4.78, 5) is 27.4. The van der Waals surface area contributed by atoms with Crippen molar-refractivity contribution >= 4 is 17.4 Å². The number of likely N-dealkylation sites (tertiary alicyclic amines) is 1. The molecule has 1 saturated heterocycles. The maximum atomic E-state index is 13.0. The van der Waals surface area contributed by atoms with Crippen molar-refractivity contribution in [2.24, 2.45) is 0 Å². The van der Waals surface area contributed by atoms with Crippen molar-refractivity contribution in [2.75, 3.05) is 13.2 Å². The first-order chi connectivity index (χ1) is 15.9. The average Bonchev–Trinajstić information content (AvgIpc) is 3.04. The molecule has 0 spiro atoms. The molecular formula is C27H33NO5. The van der Waals surface area contributed by atoms with Gasteiger partial charge in [-0.3, -0.25) is 9.59 Å². The Hall–Kier alpha value is -3.28. The Kier molecular flexibility index (Phi) is 8.15. The number of amides is 1. The molecule has 1 amide bonds. The summed E-state index contributed by atoms with van der Waals surface area (Å²) in [5, 5.41) is 11.2. The number of ketones is 1. The van der Waals surface area contributed by atoms with Crippen molar-refractivity contribution in [3.05, 3.63) is 65.2 Å². The van der Waals surface area contributed by atoms with Crippen LogP contribution in [0, 0.1) is 0 Å². The SMILES string of the molecule is CCCCOc1ccc(C2/C(=C(/O)c3cccc(OC(C)C)c3)C(=O)C(=O)N2CCC)cc1. The third-order valence-corrected chi connectivity index (χ3v) is 5.45. The van der Waals surface area contributed by atoms with E-state index in [4.69, 9.17) is 9.47 Å². The number of ether oxygens (including phenoxy) is 2. The molecule has 1 aliphatic heterocycles. The monoisotopic (exact) mass is 451 g/mol. The van der Waals surface area contributed by atoms with Gasteiger partial charge in [-0.25, -0.2) is 0 Å². The van der Waals surface area contributed by atoms with Gasteiger partial charge in [0, 0.05) is 12.1 Å². The van der Waals surface area contributed by atoms with Gasteiger partial charge in [0.1, 0.15) is 17.3 Å². The summed E-state index contributed by atoms with van der Waals surface area (Å²) < 4.78 is 11.5. The van der Waals surface area contributed by atoms with Crippen LogP contribution in [0.5, 0.6) is 11.5 Å². The summed E-state index contributed by atoms with van der Waals surface area (Å²) in [7, 11) is 0. The predicted molar refractivity (Wildman–Crippen MR) is 128 cm³/mol. The standard InChI is InChI=1S/C27H33NO5/c1-5-7-16-32-21-13-11-19(12-14-21)24-23(26(30)27(31)28(24)15-6-2)25(29)20-9-8-10-22(17-20)33-18(3)4/h8-14,17-18,24,29H,5-7,15-16H2,1-4H3/b25-23-. The number of aliphatic hydroxyl groups excluding tert-OH is 1. The number of benzene rings is 2. The fourth-order valence-electron chi connectivity index (χ4n) is 3.92. The fraction of sp³-hybridized carbons (Fsp3) is 0.407. The lowest BCUT2D eigenvalue weighted by molar-refractivity contribution is -0.139. The number of Topliss-reactive ketones (excluding diaryl/α,β-unsaturated/α-hetero) is 1. The van der Waals surface area contributed by atoms with E-state index in [-0.39, 0.29) is 17.4 Å². The Labute approximate surface area is 195 Å². The van der Waals surface area contributed by atoms with Crippen molar-refractivity contribution in [3.63, 3.8) is 0 Å². The van der Waals surface area contributed by atoms with Crippen LogP contribution in [0.4, 0.5) is 0 Å². The zero-order valence-corrected chi connectivity index (χ0v) is 19.8. The molecule has 1 heterocycles. The van der Waals surface area contributed by atoms with E-state index in [9.17, 15) is 14.7 Å². The van der Waals surface area contributed by atoms with Gasteiger partial charge in [0.2, 0.25) is 0 Å². The summed E-state index contributed by atoms with van der Waals surface area (Å²) in [5.41, 5.74) is 1.28. The van der Waals surface area contributed by atoms with Gasteiger partial charge in [-0.2, -0.15) is 0 Å². The molecule has 0 saturated carbocycles. The topological polar surface area (TPSA) is 76.1 Å². The molecule has 33 heavy (non-hydrogen) atoms. The number of hydrogen-bond acceptors (Lipinski definition) is 5. The smallest absolute Gasteiger partial charge is 0.295 e. The highest BCUT2D eigenvalue weighted by molar-refractivity contribution is 6.46. The molecule has 0 aliphatic carbocycles. The minimum atomic E-state index is -0.676. The number of aliphatic hydroxyl groups is 1. The van der Waals surface area contributed by atoms with Crippen molar-refractivity contribution in [1.29, 1.82) is 0 Å². The van der Waals surface area contributed by atoms with Crippen LogP contribution in [-0.2, 0) is 9.59 Å². The second-order valence-corrected chi connectivity index (χ2v) is 8.46. The molecule has 1 fully saturated rings. The van der Waals surface area contributed by atoms with Crippen LogP contribution >= 0.6 is 0 Å². The van der Waals surface area contributed by atoms with Crippen LogP contribution in [-0.4, -0.2) is 41.0 Å². The fourth-order valence-corrected chi connectivity index (χ4v) is 3.92. The third kappa shape index (κ3) is 5.56. The number of hydrogen-bond donors (Lipinski definition) is 1. The Bertz CT molecular complexity index is 1010. The number of carbonyl (C=O) groups is 2. The molecule has 176 valence electrons. The molecule has 0 bridgehead atoms. The highest BCUT2D eigenvalue weighted by Gasteiger charge is 2.45. The van der Waals surface area contributed by atoms with Crippen LogP contribution in [0.25, 0.3) is 5.76 Å². The Morgan fingerprint density at radius 2 is 1.76 bits per heavy atom. The van der Waals surface area contributed by atoms with Crippen LogP contribution in [0.2, 0.25) is 0 Å². The van der Waals surface area contributed by atoms with Gasteiger partial charge >= 0.3 is 0 Å². The Morgan fingerprint density at radius 1 is 1.03 bits per heavy atom. The molecule has 6 heteroatoms. The Balaban J connectivity index is 2.03. The van der Waals surface area contributed by atoms with Crippen molar-refractivity contribution in [2.45, 2.75) is 59.1 Å². The van der Waals surface area contributed by atoms with E-state index < -0.39 is 17.7 Å². The molecule has 1 unspecified atom stereocenters. The van der Waals surface area contributed by atoms with Crippen LogP contribution in [0.15, 0.2) is 54.1 Å². The van der Waals surface area contributed by atoms with E-state index in [1.807, 2.05) is 45.0 Å². The summed E-state index contributed by atoms with van der Waals surface area (Å²) in [6.45, 7) is 8.94. The van der Waals surface area contributed by atoms with Gasteiger partial charge < -0.3 is 19.5 Å². The van der Waals surface area contributed by atoms with Crippen LogP contribution in [0.3, 0.4) is 0 Å². The number of unbranched alkanes of at least 4 members (excludes halogenated alkanes) is 1. The Morgan fingerprint density at radius 3 is 2.39 bits per heavy atom. The van der Waals surface area contributed by atoms with E-state index in [2.05, 4.69) is 6.92 Å². The number of carbonyl (C=O) groups excluding carboxylic acids is 2. The van der Waals surface area contributed by atoms with E-state index in [0.29, 0.717) is 30.9 Å². The molecule has 2 aromatic rings. The molecule has 0 radical (unpaired) electrons. The minimum Gasteiger partial charge on any atom is -0.507 e. The second kappa shape index (κ2) is 11.0. The lowest BCUT2D eigenvalue weighted by Crippen LogP contribution is -2.30. The number of nitrogens with zero attached hydrogens (tertiary/aromatic N) is 1. The van der Waals surface area contributed by atoms with Crippen LogP contribution < -0.4 is 9.47 Å². The van der Waals surface area contributed by atoms with Crippen LogP contribution in [0.1, 0.15) is 64.1 Å².